The first-order valence-corrected chi connectivity index (χ1v) is 4.13. The van der Waals surface area contributed by atoms with Crippen molar-refractivity contribution in [2.45, 2.75) is 18.5 Å². The molecule has 2 rings (SSSR count). The number of hydroxylamine groups is 2. The number of hydrogen-bond donors (Lipinski definition) is 4. The van der Waals surface area contributed by atoms with Crippen LogP contribution in [0.1, 0.15) is 6.42 Å². The molecule has 15 heavy (non-hydrogen) atoms. The normalized spacial score (nSPS) is 33.2. The van der Waals surface area contributed by atoms with E-state index in [4.69, 9.17) is 0 Å². The molecule has 0 bridgehead atoms. The Bertz CT molecular complexity index is 269. The quantitative estimate of drug-likeness (QED) is 0.379. The third-order valence-corrected chi connectivity index (χ3v) is 2.20. The number of nitrogens with zero attached hydrogens (tertiary/aromatic N) is 2. The number of hydrazine groups is 4. The lowest BCUT2D eigenvalue weighted by Gasteiger charge is -2.31. The van der Waals surface area contributed by atoms with E-state index in [-0.39, 0.29) is 16.8 Å². The SMILES string of the molecule is O=C1NNN([O-])C1CC1C(=O)NNN1[O-]. The summed E-state index contributed by atoms with van der Waals surface area (Å²) >= 11 is 0. The summed E-state index contributed by atoms with van der Waals surface area (Å²) in [7, 11) is 0. The first kappa shape index (κ1) is 10.2. The lowest BCUT2D eigenvalue weighted by atomic mass is 10.1. The molecule has 2 aliphatic rings. The summed E-state index contributed by atoms with van der Waals surface area (Å²) in [5.41, 5.74) is 8.21. The van der Waals surface area contributed by atoms with Gasteiger partial charge in [0.05, 0.1) is 12.1 Å². The van der Waals surface area contributed by atoms with Crippen molar-refractivity contribution in [3.05, 3.63) is 10.4 Å². The maximum Gasteiger partial charge on any atom is 0.252 e. The zero-order valence-electron chi connectivity index (χ0n) is 7.39. The zero-order valence-corrected chi connectivity index (χ0v) is 7.39. The average Bonchev–Trinajstić information content (AvgIpc) is 2.67. The van der Waals surface area contributed by atoms with Crippen LogP contribution in [0.15, 0.2) is 0 Å². The Labute approximate surface area is 83.6 Å². The summed E-state index contributed by atoms with van der Waals surface area (Å²) < 4.78 is 0. The molecule has 10 nitrogen and oxygen atoms in total. The molecule has 4 N–H and O–H groups in total. The zero-order chi connectivity index (χ0) is 11.0. The van der Waals surface area contributed by atoms with Crippen LogP contribution in [0.25, 0.3) is 0 Å². The predicted octanol–water partition coefficient (Wildman–Crippen LogP) is -3.19. The fourth-order valence-electron chi connectivity index (χ4n) is 1.37. The van der Waals surface area contributed by atoms with Gasteiger partial charge >= 0.3 is 0 Å². The Balaban J connectivity index is 2.01. The molecule has 2 saturated heterocycles. The van der Waals surface area contributed by atoms with Crippen molar-refractivity contribution in [1.29, 1.82) is 0 Å². The lowest BCUT2D eigenvalue weighted by Crippen LogP contribution is -2.41. The highest BCUT2D eigenvalue weighted by Crippen LogP contribution is 2.13. The minimum atomic E-state index is -1.09. The van der Waals surface area contributed by atoms with Crippen molar-refractivity contribution in [1.82, 2.24) is 32.3 Å². The lowest BCUT2D eigenvalue weighted by molar-refractivity contribution is -0.123. The molecule has 0 aliphatic carbocycles. The van der Waals surface area contributed by atoms with Crippen LogP contribution in [-0.2, 0) is 9.59 Å². The van der Waals surface area contributed by atoms with Gasteiger partial charge in [-0.05, 0) is 6.42 Å². The van der Waals surface area contributed by atoms with E-state index in [1.807, 2.05) is 11.1 Å². The summed E-state index contributed by atoms with van der Waals surface area (Å²) in [4.78, 5) is 22.2. The van der Waals surface area contributed by atoms with Gasteiger partial charge < -0.3 is 10.4 Å². The molecule has 0 spiro atoms. The van der Waals surface area contributed by atoms with Gasteiger partial charge in [-0.25, -0.2) is 0 Å². The molecular formula is C5H8N6O4-2. The Morgan fingerprint density at radius 1 is 1.00 bits per heavy atom. The number of hydrogen-bond acceptors (Lipinski definition) is 8. The van der Waals surface area contributed by atoms with Crippen LogP contribution >= 0.6 is 0 Å². The van der Waals surface area contributed by atoms with E-state index in [1.54, 1.807) is 0 Å². The number of carbonyl (C=O) groups is 2. The molecule has 0 aromatic heterocycles. The molecule has 10 heteroatoms. The van der Waals surface area contributed by atoms with Crippen LogP contribution in [-0.4, -0.2) is 34.2 Å². The highest BCUT2D eigenvalue weighted by atomic mass is 16.6. The molecule has 84 valence electrons. The van der Waals surface area contributed by atoms with Crippen molar-refractivity contribution in [2.75, 3.05) is 0 Å². The summed E-state index contributed by atoms with van der Waals surface area (Å²) in [6.45, 7) is 0. The van der Waals surface area contributed by atoms with E-state index in [2.05, 4.69) is 10.9 Å². The molecule has 0 saturated carbocycles. The Hall–Kier alpha value is -1.30. The molecule has 0 radical (unpaired) electrons. The largest absolute Gasteiger partial charge is 0.770 e. The van der Waals surface area contributed by atoms with Gasteiger partial charge in [0.15, 0.2) is 0 Å². The minimum Gasteiger partial charge on any atom is -0.770 e. The summed E-state index contributed by atoms with van der Waals surface area (Å²) in [5.74, 6) is -1.14. The van der Waals surface area contributed by atoms with Gasteiger partial charge in [0.2, 0.25) is 0 Å². The second kappa shape index (κ2) is 3.69. The van der Waals surface area contributed by atoms with E-state index in [1.165, 1.54) is 0 Å². The van der Waals surface area contributed by atoms with Crippen LogP contribution in [0.4, 0.5) is 0 Å². The first-order chi connectivity index (χ1) is 7.09. The second-order valence-electron chi connectivity index (χ2n) is 3.12. The second-order valence-corrected chi connectivity index (χ2v) is 3.12. The fraction of sp³-hybridized carbons (Fsp3) is 0.600. The van der Waals surface area contributed by atoms with Gasteiger partial charge in [0.1, 0.15) is 0 Å². The van der Waals surface area contributed by atoms with Crippen LogP contribution in [0.3, 0.4) is 0 Å². The maximum atomic E-state index is 11.1. The van der Waals surface area contributed by atoms with Crippen molar-refractivity contribution in [3.63, 3.8) is 0 Å². The molecule has 2 unspecified atom stereocenters. The van der Waals surface area contributed by atoms with Crippen molar-refractivity contribution in [3.8, 4) is 0 Å². The molecule has 2 fully saturated rings. The third kappa shape index (κ3) is 1.77. The van der Waals surface area contributed by atoms with Gasteiger partial charge in [0.25, 0.3) is 11.8 Å². The van der Waals surface area contributed by atoms with Crippen molar-refractivity contribution >= 4 is 11.8 Å². The molecule has 0 aromatic carbocycles. The van der Waals surface area contributed by atoms with Crippen LogP contribution in [0.5, 0.6) is 0 Å². The fourth-order valence-corrected chi connectivity index (χ4v) is 1.37. The summed E-state index contributed by atoms with van der Waals surface area (Å²) in [6, 6.07) is -2.17. The molecule has 2 aliphatic heterocycles. The van der Waals surface area contributed by atoms with Crippen molar-refractivity contribution < 1.29 is 9.59 Å². The highest BCUT2D eigenvalue weighted by molar-refractivity contribution is 5.86. The molecule has 0 aromatic rings. The molecular weight excluding hydrogens is 208 g/mol. The summed E-state index contributed by atoms with van der Waals surface area (Å²) in [6.07, 6.45) is -0.190. The van der Waals surface area contributed by atoms with Gasteiger partial charge in [-0.1, -0.05) is 0 Å². The summed E-state index contributed by atoms with van der Waals surface area (Å²) in [5, 5.41) is 22.6. The van der Waals surface area contributed by atoms with Gasteiger partial charge in [-0.15, -0.1) is 0 Å². The standard InChI is InChI=1S/C5H8N6O4/c12-4-2(10(14)8-6-4)1-3-5(13)7-9-11(3)15/h2-3,8-9H,1H2,(H,6,12)(H,7,13)/q-2. The minimum absolute atomic E-state index is 0.190. The third-order valence-electron chi connectivity index (χ3n) is 2.20. The topological polar surface area (TPSA) is 135 Å². The van der Waals surface area contributed by atoms with Crippen LogP contribution < -0.4 is 21.9 Å². The molecule has 2 atom stereocenters. The highest BCUT2D eigenvalue weighted by Gasteiger charge is 2.35. The Morgan fingerprint density at radius 2 is 1.40 bits per heavy atom. The van der Waals surface area contributed by atoms with E-state index in [0.29, 0.717) is 0 Å². The average molecular weight is 216 g/mol. The van der Waals surface area contributed by atoms with Crippen molar-refractivity contribution in [2.24, 2.45) is 0 Å². The molecule has 2 heterocycles. The Morgan fingerprint density at radius 3 is 1.67 bits per heavy atom. The maximum absolute atomic E-state index is 11.1. The van der Waals surface area contributed by atoms with Crippen LogP contribution in [0.2, 0.25) is 0 Å². The van der Waals surface area contributed by atoms with Gasteiger partial charge in [0, 0.05) is 0 Å². The molecule has 2 amide bonds. The van der Waals surface area contributed by atoms with E-state index >= 15 is 0 Å². The number of rotatable bonds is 2. The van der Waals surface area contributed by atoms with Crippen LogP contribution in [0, 0.1) is 10.4 Å². The smallest absolute Gasteiger partial charge is 0.252 e. The number of nitrogens with one attached hydrogen (secondary N) is 4. The number of carbonyl (C=O) groups excluding carboxylic acids is 2. The van der Waals surface area contributed by atoms with Gasteiger partial charge in [-0.3, -0.25) is 30.8 Å². The van der Waals surface area contributed by atoms with E-state index < -0.39 is 23.9 Å². The monoisotopic (exact) mass is 216 g/mol. The predicted molar refractivity (Wildman–Crippen MR) is 45.2 cm³/mol. The first-order valence-electron chi connectivity index (χ1n) is 4.13. The Kier molecular flexibility index (Phi) is 2.52. The van der Waals surface area contributed by atoms with E-state index in [0.717, 1.165) is 0 Å². The number of amides is 2. The van der Waals surface area contributed by atoms with Gasteiger partial charge in [-0.2, -0.15) is 11.1 Å². The van der Waals surface area contributed by atoms with E-state index in [9.17, 15) is 20.0 Å².